The summed E-state index contributed by atoms with van der Waals surface area (Å²) in [6.45, 7) is 9.30. The van der Waals surface area contributed by atoms with Crippen molar-refractivity contribution in [3.63, 3.8) is 0 Å². The van der Waals surface area contributed by atoms with Gasteiger partial charge in [0.25, 0.3) is 0 Å². The monoisotopic (exact) mass is 307 g/mol. The van der Waals surface area contributed by atoms with Crippen LogP contribution < -0.4 is 5.32 Å². The van der Waals surface area contributed by atoms with Crippen molar-refractivity contribution in [2.75, 3.05) is 13.1 Å². The van der Waals surface area contributed by atoms with E-state index in [-0.39, 0.29) is 5.54 Å². The average molecular weight is 308 g/mol. The highest BCUT2D eigenvalue weighted by atomic mass is 32.1. The van der Waals surface area contributed by atoms with Crippen LogP contribution >= 0.6 is 11.3 Å². The third-order valence-electron chi connectivity index (χ3n) is 5.49. The molecule has 1 N–H and O–H groups in total. The third-order valence-corrected chi connectivity index (χ3v) is 6.58. The number of nitrogens with one attached hydrogen (secondary N) is 1. The lowest BCUT2D eigenvalue weighted by Crippen LogP contribution is -2.62. The fraction of sp³-hybridized carbons (Fsp3) is 0.824. The van der Waals surface area contributed by atoms with Crippen LogP contribution in [0.5, 0.6) is 0 Å². The highest BCUT2D eigenvalue weighted by Gasteiger charge is 2.40. The molecule has 1 aliphatic carbocycles. The maximum Gasteiger partial charge on any atom is 0.112 e. The van der Waals surface area contributed by atoms with E-state index in [4.69, 9.17) is 0 Å². The molecule has 1 saturated heterocycles. The molecule has 2 heterocycles. The Morgan fingerprint density at radius 2 is 2.05 bits per heavy atom. The van der Waals surface area contributed by atoms with Gasteiger partial charge in [0.1, 0.15) is 5.01 Å². The summed E-state index contributed by atoms with van der Waals surface area (Å²) in [5.74, 6) is 0.876. The van der Waals surface area contributed by atoms with Crippen LogP contribution in [0.15, 0.2) is 11.6 Å². The highest BCUT2D eigenvalue weighted by molar-refractivity contribution is 7.09. The van der Waals surface area contributed by atoms with Crippen molar-refractivity contribution in [3.05, 3.63) is 16.6 Å². The van der Waals surface area contributed by atoms with Crippen molar-refractivity contribution in [1.82, 2.24) is 15.2 Å². The first kappa shape index (κ1) is 15.4. The molecule has 118 valence electrons. The molecule has 2 unspecified atom stereocenters. The molecule has 3 rings (SSSR count). The maximum absolute atomic E-state index is 4.59. The van der Waals surface area contributed by atoms with Gasteiger partial charge in [0, 0.05) is 36.8 Å². The van der Waals surface area contributed by atoms with Crippen molar-refractivity contribution < 1.29 is 0 Å². The molecule has 0 spiro atoms. The van der Waals surface area contributed by atoms with Gasteiger partial charge in [-0.05, 0) is 39.5 Å². The van der Waals surface area contributed by atoms with E-state index < -0.39 is 0 Å². The van der Waals surface area contributed by atoms with E-state index in [1.807, 2.05) is 6.20 Å². The number of piperazine rings is 1. The van der Waals surface area contributed by atoms with Crippen molar-refractivity contribution >= 4 is 11.3 Å². The molecule has 3 nitrogen and oxygen atoms in total. The Bertz CT molecular complexity index is 437. The first-order valence-corrected chi connectivity index (χ1v) is 9.37. The van der Waals surface area contributed by atoms with E-state index in [0.717, 1.165) is 12.5 Å². The van der Waals surface area contributed by atoms with Crippen LogP contribution in [-0.4, -0.2) is 35.1 Å². The van der Waals surface area contributed by atoms with Gasteiger partial charge in [-0.3, -0.25) is 4.90 Å². The Morgan fingerprint density at radius 1 is 1.29 bits per heavy atom. The fourth-order valence-corrected chi connectivity index (χ4v) is 4.95. The van der Waals surface area contributed by atoms with Crippen LogP contribution in [0.1, 0.15) is 57.9 Å². The predicted octanol–water partition coefficient (Wildman–Crippen LogP) is 3.62. The van der Waals surface area contributed by atoms with Gasteiger partial charge in [-0.25, -0.2) is 4.98 Å². The smallest absolute Gasteiger partial charge is 0.112 e. The summed E-state index contributed by atoms with van der Waals surface area (Å²) >= 11 is 1.79. The Hall–Kier alpha value is -0.450. The summed E-state index contributed by atoms with van der Waals surface area (Å²) in [4.78, 5) is 7.27. The zero-order valence-electron chi connectivity index (χ0n) is 13.6. The summed E-state index contributed by atoms with van der Waals surface area (Å²) < 4.78 is 0. The minimum absolute atomic E-state index is 0.0442. The van der Waals surface area contributed by atoms with Crippen molar-refractivity contribution in [1.29, 1.82) is 0 Å². The molecular weight excluding hydrogens is 278 g/mol. The molecule has 21 heavy (non-hydrogen) atoms. The number of hydrogen-bond acceptors (Lipinski definition) is 4. The molecule has 0 aromatic carbocycles. The fourth-order valence-electron chi connectivity index (χ4n) is 4.17. The van der Waals surface area contributed by atoms with Crippen LogP contribution in [0, 0.1) is 5.92 Å². The SMILES string of the molecule is CC1CNC(C2CCCCC2)CN1C(C)(C)c1nccs1. The second kappa shape index (κ2) is 6.35. The Balaban J connectivity index is 1.74. The van der Waals surface area contributed by atoms with Gasteiger partial charge in [-0.15, -0.1) is 11.3 Å². The zero-order valence-corrected chi connectivity index (χ0v) is 14.5. The summed E-state index contributed by atoms with van der Waals surface area (Å²) in [6.07, 6.45) is 9.05. The van der Waals surface area contributed by atoms with Crippen molar-refractivity contribution in [2.24, 2.45) is 5.92 Å². The molecular formula is C17H29N3S. The normalized spacial score (nSPS) is 29.7. The minimum atomic E-state index is 0.0442. The average Bonchev–Trinajstić information content (AvgIpc) is 3.03. The molecule has 0 radical (unpaired) electrons. The van der Waals surface area contributed by atoms with E-state index in [1.54, 1.807) is 11.3 Å². The lowest BCUT2D eigenvalue weighted by atomic mass is 9.82. The van der Waals surface area contributed by atoms with Gasteiger partial charge in [-0.1, -0.05) is 19.3 Å². The third kappa shape index (κ3) is 3.17. The van der Waals surface area contributed by atoms with Crippen LogP contribution in [0.4, 0.5) is 0 Å². The molecule has 0 amide bonds. The number of aromatic nitrogens is 1. The summed E-state index contributed by atoms with van der Waals surface area (Å²) in [6, 6.07) is 1.24. The first-order chi connectivity index (χ1) is 10.1. The molecule has 1 aromatic heterocycles. The van der Waals surface area contributed by atoms with E-state index in [9.17, 15) is 0 Å². The lowest BCUT2D eigenvalue weighted by molar-refractivity contribution is 0.0195. The molecule has 4 heteroatoms. The summed E-state index contributed by atoms with van der Waals surface area (Å²) in [5, 5.41) is 7.18. The predicted molar refractivity (Wildman–Crippen MR) is 89.7 cm³/mol. The molecule has 0 bridgehead atoms. The summed E-state index contributed by atoms with van der Waals surface area (Å²) in [5.41, 5.74) is 0.0442. The molecule has 1 aliphatic heterocycles. The quantitative estimate of drug-likeness (QED) is 0.924. The van der Waals surface area contributed by atoms with E-state index in [1.165, 1.54) is 43.7 Å². The lowest BCUT2D eigenvalue weighted by Gasteiger charge is -2.49. The Labute approximate surface area is 133 Å². The zero-order chi connectivity index (χ0) is 14.9. The van der Waals surface area contributed by atoms with E-state index in [2.05, 4.69) is 41.4 Å². The Morgan fingerprint density at radius 3 is 2.71 bits per heavy atom. The highest BCUT2D eigenvalue weighted by Crippen LogP contribution is 2.35. The molecule has 1 aromatic rings. The van der Waals surface area contributed by atoms with Crippen LogP contribution in [0.3, 0.4) is 0 Å². The van der Waals surface area contributed by atoms with E-state index in [0.29, 0.717) is 12.1 Å². The topological polar surface area (TPSA) is 28.2 Å². The maximum atomic E-state index is 4.59. The number of nitrogens with zero attached hydrogens (tertiary/aromatic N) is 2. The van der Waals surface area contributed by atoms with Gasteiger partial charge < -0.3 is 5.32 Å². The largest absolute Gasteiger partial charge is 0.311 e. The van der Waals surface area contributed by atoms with Gasteiger partial charge in [0.2, 0.25) is 0 Å². The van der Waals surface area contributed by atoms with Crippen molar-refractivity contribution in [3.8, 4) is 0 Å². The first-order valence-electron chi connectivity index (χ1n) is 8.49. The Kier molecular flexibility index (Phi) is 4.67. The standard InChI is InChI=1S/C17H29N3S/c1-13-11-19-15(14-7-5-4-6-8-14)12-20(13)17(2,3)16-18-9-10-21-16/h9-10,13-15,19H,4-8,11-12H2,1-3H3. The van der Waals surface area contributed by atoms with E-state index >= 15 is 0 Å². The molecule has 2 atom stereocenters. The minimum Gasteiger partial charge on any atom is -0.311 e. The van der Waals surface area contributed by atoms with Gasteiger partial charge >= 0.3 is 0 Å². The molecule has 2 aliphatic rings. The number of thiazole rings is 1. The molecule has 1 saturated carbocycles. The van der Waals surface area contributed by atoms with Gasteiger partial charge in [-0.2, -0.15) is 0 Å². The van der Waals surface area contributed by atoms with Gasteiger partial charge in [0.05, 0.1) is 5.54 Å². The van der Waals surface area contributed by atoms with Crippen LogP contribution in [0.2, 0.25) is 0 Å². The number of hydrogen-bond donors (Lipinski definition) is 1. The van der Waals surface area contributed by atoms with Gasteiger partial charge in [0.15, 0.2) is 0 Å². The van der Waals surface area contributed by atoms with Crippen LogP contribution in [-0.2, 0) is 5.54 Å². The summed E-state index contributed by atoms with van der Waals surface area (Å²) in [7, 11) is 0. The second-order valence-electron chi connectivity index (χ2n) is 7.31. The van der Waals surface area contributed by atoms with Crippen molar-refractivity contribution in [2.45, 2.75) is 70.5 Å². The second-order valence-corrected chi connectivity index (χ2v) is 8.21. The molecule has 2 fully saturated rings. The van der Waals surface area contributed by atoms with Crippen LogP contribution in [0.25, 0.3) is 0 Å². The number of rotatable bonds is 3.